The lowest BCUT2D eigenvalue weighted by Crippen LogP contribution is -2.47. The molecule has 7 nitrogen and oxygen atoms in total. The Labute approximate surface area is 177 Å². The van der Waals surface area contributed by atoms with Gasteiger partial charge in [-0.25, -0.2) is 4.98 Å². The molecule has 1 amide bonds. The fourth-order valence-electron chi connectivity index (χ4n) is 3.83. The average molecular weight is 420 g/mol. The molecule has 5 rings (SSSR count). The van der Waals surface area contributed by atoms with E-state index in [1.165, 1.54) is 17.0 Å². The zero-order chi connectivity index (χ0) is 20.5. The fourth-order valence-corrected chi connectivity index (χ4v) is 4.79. The van der Waals surface area contributed by atoms with Crippen LogP contribution in [0.2, 0.25) is 0 Å². The minimum atomic E-state index is -0.245. The molecule has 0 spiro atoms. The van der Waals surface area contributed by atoms with Gasteiger partial charge in [0.25, 0.3) is 11.5 Å². The van der Waals surface area contributed by atoms with E-state index in [4.69, 9.17) is 0 Å². The highest BCUT2D eigenvalue weighted by Gasteiger charge is 2.25. The topological polar surface area (TPSA) is 82.2 Å². The predicted octanol–water partition coefficient (Wildman–Crippen LogP) is 3.04. The van der Waals surface area contributed by atoms with E-state index in [9.17, 15) is 9.59 Å². The number of allylic oxidation sites excluding steroid dienone is 3. The predicted molar refractivity (Wildman–Crippen MR) is 117 cm³/mol. The van der Waals surface area contributed by atoms with E-state index in [-0.39, 0.29) is 11.5 Å². The van der Waals surface area contributed by atoms with Gasteiger partial charge in [0, 0.05) is 38.1 Å². The van der Waals surface area contributed by atoms with Crippen molar-refractivity contribution in [2.75, 3.05) is 26.2 Å². The number of hydrogen-bond donors (Lipinski definition) is 1. The van der Waals surface area contributed by atoms with Crippen LogP contribution in [0.3, 0.4) is 0 Å². The number of nitrogens with zero attached hydrogens (tertiary/aromatic N) is 4. The Hall–Kier alpha value is -3.26. The minimum Gasteiger partial charge on any atom is -0.368 e. The average Bonchev–Trinajstić information content (AvgIpc) is 3.25. The molecule has 30 heavy (non-hydrogen) atoms. The van der Waals surface area contributed by atoms with Crippen molar-refractivity contribution in [3.05, 3.63) is 69.6 Å². The molecule has 8 heteroatoms. The molecule has 3 aromatic heterocycles. The highest BCUT2D eigenvalue weighted by atomic mass is 32.1. The van der Waals surface area contributed by atoms with Crippen molar-refractivity contribution in [3.8, 4) is 11.5 Å². The van der Waals surface area contributed by atoms with Crippen LogP contribution in [0.4, 0.5) is 0 Å². The van der Waals surface area contributed by atoms with E-state index in [1.807, 2.05) is 17.0 Å². The zero-order valence-corrected chi connectivity index (χ0v) is 17.2. The quantitative estimate of drug-likeness (QED) is 0.706. The number of carbonyl (C=O) groups is 1. The summed E-state index contributed by atoms with van der Waals surface area (Å²) >= 11 is 1.20. The Morgan fingerprint density at radius 3 is 2.73 bits per heavy atom. The Morgan fingerprint density at radius 2 is 2.00 bits per heavy atom. The highest BCUT2D eigenvalue weighted by Crippen LogP contribution is 2.25. The van der Waals surface area contributed by atoms with E-state index in [0.29, 0.717) is 39.7 Å². The first-order chi connectivity index (χ1) is 14.7. The molecule has 0 saturated carbocycles. The SMILES string of the molecule is O=C(c1cc2nc(-c3ccccn3)[nH]c(=O)c2s1)N1CCN(C2=CCCC=C2)CC1. The summed E-state index contributed by atoms with van der Waals surface area (Å²) in [5.41, 5.74) is 2.14. The van der Waals surface area contributed by atoms with Gasteiger partial charge in [-0.3, -0.25) is 14.6 Å². The van der Waals surface area contributed by atoms with Gasteiger partial charge in [0.1, 0.15) is 10.4 Å². The third-order valence-electron chi connectivity index (χ3n) is 5.41. The largest absolute Gasteiger partial charge is 0.368 e. The van der Waals surface area contributed by atoms with Crippen molar-refractivity contribution >= 4 is 27.5 Å². The first-order valence-electron chi connectivity index (χ1n) is 10.1. The molecule has 0 aromatic carbocycles. The lowest BCUT2D eigenvalue weighted by Gasteiger charge is -2.37. The number of aromatic nitrogens is 3. The van der Waals surface area contributed by atoms with Gasteiger partial charge in [-0.1, -0.05) is 18.2 Å². The molecule has 1 aliphatic heterocycles. The molecule has 1 aliphatic carbocycles. The number of carbonyl (C=O) groups excluding carboxylic acids is 1. The molecule has 3 aromatic rings. The van der Waals surface area contributed by atoms with Crippen LogP contribution in [0.15, 0.2) is 59.2 Å². The lowest BCUT2D eigenvalue weighted by atomic mass is 10.1. The van der Waals surface area contributed by atoms with E-state index in [2.05, 4.69) is 38.1 Å². The van der Waals surface area contributed by atoms with Crippen LogP contribution in [0, 0.1) is 0 Å². The van der Waals surface area contributed by atoms with Crippen molar-refractivity contribution in [3.63, 3.8) is 0 Å². The Balaban J connectivity index is 1.35. The van der Waals surface area contributed by atoms with Crippen molar-refractivity contribution in [2.45, 2.75) is 12.8 Å². The second-order valence-corrected chi connectivity index (χ2v) is 8.39. The molecular weight excluding hydrogens is 398 g/mol. The molecule has 152 valence electrons. The molecule has 0 unspecified atom stereocenters. The molecule has 4 heterocycles. The number of hydrogen-bond acceptors (Lipinski definition) is 6. The van der Waals surface area contributed by atoms with Crippen LogP contribution >= 0.6 is 11.3 Å². The molecule has 2 aliphatic rings. The number of amides is 1. The van der Waals surface area contributed by atoms with Crippen LogP contribution in [0.1, 0.15) is 22.5 Å². The van der Waals surface area contributed by atoms with Crippen molar-refractivity contribution in [2.24, 2.45) is 0 Å². The summed E-state index contributed by atoms with van der Waals surface area (Å²) in [7, 11) is 0. The maximum Gasteiger partial charge on any atom is 0.269 e. The zero-order valence-electron chi connectivity index (χ0n) is 16.4. The van der Waals surface area contributed by atoms with E-state index < -0.39 is 0 Å². The molecule has 0 atom stereocenters. The summed E-state index contributed by atoms with van der Waals surface area (Å²) in [5, 5.41) is 0. The van der Waals surface area contributed by atoms with Gasteiger partial charge < -0.3 is 14.8 Å². The van der Waals surface area contributed by atoms with E-state index in [1.54, 1.807) is 18.3 Å². The number of pyridine rings is 1. The fraction of sp³-hybridized carbons (Fsp3) is 0.273. The standard InChI is InChI=1S/C22H21N5O2S/c28-21-19-17(24-20(25-21)16-8-4-5-9-23-16)14-18(30-19)22(29)27-12-10-26(11-13-27)15-6-2-1-3-7-15/h2,4-9,14H,1,3,10-13H2,(H,24,25,28). The molecule has 0 radical (unpaired) electrons. The van der Waals surface area contributed by atoms with Crippen LogP contribution in [0.25, 0.3) is 21.7 Å². The Kier molecular flexibility index (Phi) is 4.92. The second kappa shape index (κ2) is 7.87. The molecular formula is C22H21N5O2S. The third-order valence-corrected chi connectivity index (χ3v) is 6.52. The van der Waals surface area contributed by atoms with Crippen LogP contribution in [-0.2, 0) is 0 Å². The number of aromatic amines is 1. The molecule has 1 fully saturated rings. The first kappa shape index (κ1) is 18.7. The highest BCUT2D eigenvalue weighted by molar-refractivity contribution is 7.20. The summed E-state index contributed by atoms with van der Waals surface area (Å²) in [6.07, 6.45) is 10.5. The van der Waals surface area contributed by atoms with Crippen molar-refractivity contribution in [1.82, 2.24) is 24.8 Å². The van der Waals surface area contributed by atoms with Crippen molar-refractivity contribution < 1.29 is 4.79 Å². The van der Waals surface area contributed by atoms with E-state index >= 15 is 0 Å². The molecule has 0 bridgehead atoms. The third kappa shape index (κ3) is 3.54. The number of fused-ring (bicyclic) bond motifs is 1. The smallest absolute Gasteiger partial charge is 0.269 e. The maximum absolute atomic E-state index is 13.1. The van der Waals surface area contributed by atoms with Crippen molar-refractivity contribution in [1.29, 1.82) is 0 Å². The summed E-state index contributed by atoms with van der Waals surface area (Å²) < 4.78 is 0.467. The van der Waals surface area contributed by atoms with Gasteiger partial charge in [-0.05, 0) is 37.1 Å². The number of rotatable bonds is 3. The van der Waals surface area contributed by atoms with Gasteiger partial charge in [-0.2, -0.15) is 0 Å². The van der Waals surface area contributed by atoms with Crippen LogP contribution < -0.4 is 5.56 Å². The molecule has 1 N–H and O–H groups in total. The van der Waals surface area contributed by atoms with Crippen LogP contribution in [0.5, 0.6) is 0 Å². The number of H-pyrrole nitrogens is 1. The number of piperazine rings is 1. The number of nitrogens with one attached hydrogen (secondary N) is 1. The summed E-state index contributed by atoms with van der Waals surface area (Å²) in [6, 6.07) is 7.16. The van der Waals surface area contributed by atoms with Gasteiger partial charge >= 0.3 is 0 Å². The van der Waals surface area contributed by atoms with Gasteiger partial charge in [0.05, 0.1) is 10.4 Å². The second-order valence-electron chi connectivity index (χ2n) is 7.34. The van der Waals surface area contributed by atoms with Crippen LogP contribution in [-0.4, -0.2) is 56.8 Å². The normalized spacial score (nSPS) is 16.7. The first-order valence-corrected chi connectivity index (χ1v) is 10.9. The van der Waals surface area contributed by atoms with Gasteiger partial charge in [0.2, 0.25) is 0 Å². The van der Waals surface area contributed by atoms with E-state index in [0.717, 1.165) is 25.9 Å². The van der Waals surface area contributed by atoms with Gasteiger partial charge in [-0.15, -0.1) is 11.3 Å². The Morgan fingerprint density at radius 1 is 1.13 bits per heavy atom. The van der Waals surface area contributed by atoms with Gasteiger partial charge in [0.15, 0.2) is 5.82 Å². The molecule has 1 saturated heterocycles. The maximum atomic E-state index is 13.1. The summed E-state index contributed by atoms with van der Waals surface area (Å²) in [5.74, 6) is 0.372. The Bertz CT molecular complexity index is 1200. The summed E-state index contributed by atoms with van der Waals surface area (Å²) in [4.78, 5) is 41.9. The lowest BCUT2D eigenvalue weighted by molar-refractivity contribution is 0.0677. The number of thiophene rings is 1. The monoisotopic (exact) mass is 419 g/mol. The summed E-state index contributed by atoms with van der Waals surface area (Å²) in [6.45, 7) is 2.97. The minimum absolute atomic E-state index is 0.0374.